The van der Waals surface area contributed by atoms with Crippen molar-refractivity contribution in [3.05, 3.63) is 0 Å². The van der Waals surface area contributed by atoms with Crippen molar-refractivity contribution in [2.24, 2.45) is 5.73 Å². The molecule has 0 saturated heterocycles. The number of esters is 1. The number of phosphoric acid groups is 1. The van der Waals surface area contributed by atoms with E-state index >= 15 is 0 Å². The van der Waals surface area contributed by atoms with Gasteiger partial charge in [0.25, 0.3) is 0 Å². The lowest BCUT2D eigenvalue weighted by atomic mass is 10.0. The maximum Gasteiger partial charge on any atom is 0.472 e. The molecule has 0 amide bonds. The normalized spacial score (nSPS) is 13.7. The van der Waals surface area contributed by atoms with Crippen LogP contribution in [0.2, 0.25) is 0 Å². The summed E-state index contributed by atoms with van der Waals surface area (Å²) in [5.41, 5.74) is 5.31. The van der Waals surface area contributed by atoms with Crippen LogP contribution in [0.1, 0.15) is 168 Å². The van der Waals surface area contributed by atoms with E-state index in [0.717, 1.165) is 32.1 Å². The molecule has 0 heterocycles. The van der Waals surface area contributed by atoms with Crippen LogP contribution in [0.3, 0.4) is 0 Å². The van der Waals surface area contributed by atoms with Crippen LogP contribution in [0.25, 0.3) is 0 Å². The molecule has 0 aliphatic rings. The highest BCUT2D eigenvalue weighted by Crippen LogP contribution is 2.43. The molecule has 0 fully saturated rings. The monoisotopic (exact) mass is 621 g/mol. The van der Waals surface area contributed by atoms with E-state index in [9.17, 15) is 14.3 Å². The second-order valence-electron chi connectivity index (χ2n) is 11.7. The lowest BCUT2D eigenvalue weighted by Gasteiger charge is -2.20. The van der Waals surface area contributed by atoms with Gasteiger partial charge in [-0.25, -0.2) is 4.57 Å². The average molecular weight is 622 g/mol. The smallest absolute Gasteiger partial charge is 0.457 e. The van der Waals surface area contributed by atoms with Gasteiger partial charge in [-0.1, -0.05) is 149 Å². The van der Waals surface area contributed by atoms with Gasteiger partial charge in [0.15, 0.2) is 0 Å². The summed E-state index contributed by atoms with van der Waals surface area (Å²) >= 11 is 0. The summed E-state index contributed by atoms with van der Waals surface area (Å²) < 4.78 is 32.8. The highest BCUT2D eigenvalue weighted by atomic mass is 31.2. The number of ether oxygens (including phenoxy) is 2. The quantitative estimate of drug-likeness (QED) is 0.0414. The molecule has 0 bridgehead atoms. The fourth-order valence-electron chi connectivity index (χ4n) is 4.94. The van der Waals surface area contributed by atoms with Crippen LogP contribution < -0.4 is 5.73 Å². The number of carbonyl (C=O) groups excluding carboxylic acids is 1. The Morgan fingerprint density at radius 3 is 1.50 bits per heavy atom. The molecule has 0 aliphatic carbocycles. The van der Waals surface area contributed by atoms with Crippen molar-refractivity contribution in [1.82, 2.24) is 0 Å². The largest absolute Gasteiger partial charge is 0.472 e. The number of hydrogen-bond acceptors (Lipinski definition) is 7. The minimum Gasteiger partial charge on any atom is -0.457 e. The van der Waals surface area contributed by atoms with E-state index in [1.807, 2.05) is 0 Å². The Morgan fingerprint density at radius 2 is 1.05 bits per heavy atom. The molecule has 0 aromatic carbocycles. The highest BCUT2D eigenvalue weighted by molar-refractivity contribution is 7.47. The summed E-state index contributed by atoms with van der Waals surface area (Å²) in [5, 5.41) is 0. The Hall–Kier alpha value is -0.500. The van der Waals surface area contributed by atoms with Crippen LogP contribution in [0.5, 0.6) is 0 Å². The first kappa shape index (κ1) is 41.5. The number of phosphoric ester groups is 1. The number of hydrogen-bond donors (Lipinski definition) is 2. The van der Waals surface area contributed by atoms with Gasteiger partial charge in [-0.15, -0.1) is 0 Å². The maximum absolute atomic E-state index is 12.1. The van der Waals surface area contributed by atoms with E-state index in [2.05, 4.69) is 13.8 Å². The summed E-state index contributed by atoms with van der Waals surface area (Å²) in [6, 6.07) is 0. The third-order valence-corrected chi connectivity index (χ3v) is 8.51. The van der Waals surface area contributed by atoms with Gasteiger partial charge in [0, 0.05) is 19.6 Å². The molecule has 3 N–H and O–H groups in total. The molecule has 0 aromatic rings. The van der Waals surface area contributed by atoms with E-state index in [-0.39, 0.29) is 32.3 Å². The SMILES string of the molecule is CCCCCCCCCCCCCCCCCCCCCCOCC(COP(=O)(O)OCCN)OC(=O)CCCCC. The predicted octanol–water partition coefficient (Wildman–Crippen LogP) is 9.41. The Morgan fingerprint density at radius 1 is 0.619 bits per heavy atom. The van der Waals surface area contributed by atoms with Crippen molar-refractivity contribution in [1.29, 1.82) is 0 Å². The molecule has 0 rings (SSSR count). The molecule has 0 aromatic heterocycles. The van der Waals surface area contributed by atoms with Crippen molar-refractivity contribution < 1.29 is 32.8 Å². The highest BCUT2D eigenvalue weighted by Gasteiger charge is 2.25. The second kappa shape index (κ2) is 31.9. The Labute approximate surface area is 259 Å². The fraction of sp³-hybridized carbons (Fsp3) is 0.970. The maximum atomic E-state index is 12.1. The van der Waals surface area contributed by atoms with Gasteiger partial charge < -0.3 is 20.1 Å². The zero-order valence-electron chi connectivity index (χ0n) is 27.5. The van der Waals surface area contributed by atoms with Gasteiger partial charge in [-0.2, -0.15) is 0 Å². The summed E-state index contributed by atoms with van der Waals surface area (Å²) in [5.74, 6) is -0.352. The summed E-state index contributed by atoms with van der Waals surface area (Å²) in [4.78, 5) is 21.9. The molecule has 42 heavy (non-hydrogen) atoms. The van der Waals surface area contributed by atoms with E-state index in [0.29, 0.717) is 13.0 Å². The number of rotatable bonds is 34. The molecular weight excluding hydrogens is 553 g/mol. The zero-order chi connectivity index (χ0) is 31.0. The number of unbranched alkanes of at least 4 members (excludes halogenated alkanes) is 21. The van der Waals surface area contributed by atoms with Gasteiger partial charge in [0.05, 0.1) is 19.8 Å². The van der Waals surface area contributed by atoms with Gasteiger partial charge >= 0.3 is 13.8 Å². The van der Waals surface area contributed by atoms with Crippen molar-refractivity contribution in [3.8, 4) is 0 Å². The van der Waals surface area contributed by atoms with E-state index in [1.165, 1.54) is 116 Å². The molecule has 0 aliphatic heterocycles. The molecule has 8 nitrogen and oxygen atoms in total. The van der Waals surface area contributed by atoms with Gasteiger partial charge in [-0.05, 0) is 12.8 Å². The molecule has 9 heteroatoms. The molecule has 0 radical (unpaired) electrons. The Kier molecular flexibility index (Phi) is 31.5. The lowest BCUT2D eigenvalue weighted by molar-refractivity contribution is -0.154. The van der Waals surface area contributed by atoms with Crippen LogP contribution in [-0.2, 0) is 27.9 Å². The van der Waals surface area contributed by atoms with Crippen LogP contribution in [0.4, 0.5) is 0 Å². The second-order valence-corrected chi connectivity index (χ2v) is 13.2. The molecule has 2 atom stereocenters. The summed E-state index contributed by atoms with van der Waals surface area (Å²) in [6.45, 7) is 4.77. The van der Waals surface area contributed by atoms with Crippen molar-refractivity contribution in [2.75, 3.05) is 33.0 Å². The standard InChI is InChI=1S/C33H68NO7P/c1-3-5-7-8-9-10-11-12-13-14-15-16-17-18-19-20-21-22-23-25-28-38-30-32(41-33(35)26-24-6-4-2)31-40-42(36,37)39-29-27-34/h32H,3-31,34H2,1-2H3,(H,36,37). The average Bonchev–Trinajstić information content (AvgIpc) is 2.97. The summed E-state index contributed by atoms with van der Waals surface area (Å²) in [7, 11) is -4.24. The van der Waals surface area contributed by atoms with E-state index < -0.39 is 13.9 Å². The van der Waals surface area contributed by atoms with Crippen LogP contribution >= 0.6 is 7.82 Å². The van der Waals surface area contributed by atoms with Crippen LogP contribution in [0, 0.1) is 0 Å². The number of nitrogens with two attached hydrogens (primary N) is 1. The third kappa shape index (κ3) is 30.9. The third-order valence-electron chi connectivity index (χ3n) is 7.52. The fourth-order valence-corrected chi connectivity index (χ4v) is 5.70. The minimum atomic E-state index is -4.24. The molecule has 252 valence electrons. The van der Waals surface area contributed by atoms with Crippen LogP contribution in [0.15, 0.2) is 0 Å². The minimum absolute atomic E-state index is 0.0921. The van der Waals surface area contributed by atoms with E-state index in [1.54, 1.807) is 0 Å². The van der Waals surface area contributed by atoms with Gasteiger partial charge in [0.2, 0.25) is 0 Å². The van der Waals surface area contributed by atoms with E-state index in [4.69, 9.17) is 24.3 Å². The zero-order valence-corrected chi connectivity index (χ0v) is 28.4. The molecule has 2 unspecified atom stereocenters. The Balaban J connectivity index is 3.73. The first-order chi connectivity index (χ1) is 20.4. The Bertz CT molecular complexity index is 623. The molecule has 0 saturated carbocycles. The predicted molar refractivity (Wildman–Crippen MR) is 174 cm³/mol. The van der Waals surface area contributed by atoms with Crippen molar-refractivity contribution in [2.45, 2.75) is 174 Å². The number of carbonyl (C=O) groups is 1. The van der Waals surface area contributed by atoms with Crippen molar-refractivity contribution >= 4 is 13.8 Å². The van der Waals surface area contributed by atoms with Gasteiger partial charge in [0.1, 0.15) is 6.10 Å². The molecule has 0 spiro atoms. The lowest BCUT2D eigenvalue weighted by Crippen LogP contribution is -2.28. The summed E-state index contributed by atoms with van der Waals surface area (Å²) in [6.07, 6.45) is 29.1. The first-order valence-electron chi connectivity index (χ1n) is 17.5. The topological polar surface area (TPSA) is 117 Å². The first-order valence-corrected chi connectivity index (χ1v) is 19.0. The van der Waals surface area contributed by atoms with Gasteiger partial charge in [-0.3, -0.25) is 13.8 Å². The van der Waals surface area contributed by atoms with Crippen molar-refractivity contribution in [3.63, 3.8) is 0 Å². The van der Waals surface area contributed by atoms with Crippen LogP contribution in [-0.4, -0.2) is 49.9 Å². The molecular formula is C33H68NO7P.